The highest BCUT2D eigenvalue weighted by Crippen LogP contribution is 2.32. The smallest absolute Gasteiger partial charge is 0.226 e. The van der Waals surface area contributed by atoms with Gasteiger partial charge < -0.3 is 25.0 Å². The standard InChI is InChI=1S/C26H37N5O2/c1-19-2-6-22(7-3-19)29-26-28-17-24(25(30-26)33-18-20-10-11-27-16-20)21-4-8-23(9-5-21)31-12-14-32-15-13-31/h4-5,8-9,17,19-20,22,27H,2-3,6-7,10-16,18H2,1H3,(H,28,29,30)/t19-,20-,22+/m1/s1. The Balaban J connectivity index is 1.34. The molecule has 1 aliphatic carbocycles. The molecule has 5 rings (SSSR count). The molecule has 0 bridgehead atoms. The zero-order valence-electron chi connectivity index (χ0n) is 19.8. The molecule has 1 saturated carbocycles. The van der Waals surface area contributed by atoms with Crippen molar-refractivity contribution in [2.24, 2.45) is 11.8 Å². The third-order valence-corrected chi connectivity index (χ3v) is 7.28. The van der Waals surface area contributed by atoms with Crippen molar-refractivity contribution in [3.05, 3.63) is 30.5 Å². The first-order valence-electron chi connectivity index (χ1n) is 12.6. The molecule has 2 saturated heterocycles. The normalized spacial score (nSPS) is 25.7. The summed E-state index contributed by atoms with van der Waals surface area (Å²) in [6, 6.07) is 9.12. The molecule has 7 heteroatoms. The van der Waals surface area contributed by atoms with E-state index in [1.807, 2.05) is 6.20 Å². The van der Waals surface area contributed by atoms with Crippen LogP contribution in [0.25, 0.3) is 11.1 Å². The number of morpholine rings is 1. The van der Waals surface area contributed by atoms with E-state index in [2.05, 4.69) is 51.7 Å². The maximum atomic E-state index is 6.31. The Bertz CT molecular complexity index is 886. The molecular formula is C26H37N5O2. The van der Waals surface area contributed by atoms with E-state index < -0.39 is 0 Å². The lowest BCUT2D eigenvalue weighted by Crippen LogP contribution is -2.36. The second-order valence-corrected chi connectivity index (χ2v) is 9.83. The number of hydrogen-bond donors (Lipinski definition) is 2. The van der Waals surface area contributed by atoms with Gasteiger partial charge in [0.2, 0.25) is 11.8 Å². The fourth-order valence-corrected chi connectivity index (χ4v) is 5.06. The molecule has 2 N–H and O–H groups in total. The first-order valence-corrected chi connectivity index (χ1v) is 12.6. The number of aromatic nitrogens is 2. The molecule has 3 aliphatic rings. The molecule has 0 spiro atoms. The molecule has 1 atom stereocenters. The van der Waals surface area contributed by atoms with Crippen molar-refractivity contribution < 1.29 is 9.47 Å². The third-order valence-electron chi connectivity index (χ3n) is 7.28. The molecule has 7 nitrogen and oxygen atoms in total. The van der Waals surface area contributed by atoms with E-state index in [1.54, 1.807) is 0 Å². The van der Waals surface area contributed by atoms with Gasteiger partial charge in [-0.2, -0.15) is 4.98 Å². The molecule has 0 unspecified atom stereocenters. The van der Waals surface area contributed by atoms with Crippen molar-refractivity contribution >= 4 is 11.6 Å². The Hall–Kier alpha value is -2.38. The second kappa shape index (κ2) is 10.7. The number of anilines is 2. The summed E-state index contributed by atoms with van der Waals surface area (Å²) < 4.78 is 11.8. The van der Waals surface area contributed by atoms with E-state index in [0.717, 1.165) is 62.9 Å². The molecule has 3 fully saturated rings. The molecule has 0 radical (unpaired) electrons. The number of benzene rings is 1. The molecule has 33 heavy (non-hydrogen) atoms. The van der Waals surface area contributed by atoms with Gasteiger partial charge in [-0.15, -0.1) is 0 Å². The van der Waals surface area contributed by atoms with E-state index in [-0.39, 0.29) is 0 Å². The Kier molecular flexibility index (Phi) is 7.27. The minimum Gasteiger partial charge on any atom is -0.477 e. The van der Waals surface area contributed by atoms with Crippen molar-refractivity contribution in [1.29, 1.82) is 0 Å². The van der Waals surface area contributed by atoms with Gasteiger partial charge in [0, 0.05) is 43.5 Å². The first kappa shape index (κ1) is 22.4. The van der Waals surface area contributed by atoms with E-state index in [1.165, 1.54) is 31.4 Å². The SMILES string of the molecule is C[C@H]1CC[C@@H](Nc2ncc(-c3ccc(N4CCOCC4)cc3)c(OC[C@@H]3CCNC3)n2)CC1. The van der Waals surface area contributed by atoms with E-state index in [4.69, 9.17) is 14.5 Å². The molecule has 3 heterocycles. The van der Waals surface area contributed by atoms with Gasteiger partial charge in [-0.25, -0.2) is 4.98 Å². The molecule has 1 aromatic carbocycles. The van der Waals surface area contributed by atoms with Crippen LogP contribution in [0, 0.1) is 11.8 Å². The average molecular weight is 452 g/mol. The van der Waals surface area contributed by atoms with Crippen LogP contribution in [0.1, 0.15) is 39.0 Å². The number of ether oxygens (including phenoxy) is 2. The van der Waals surface area contributed by atoms with Crippen LogP contribution >= 0.6 is 0 Å². The molecular weight excluding hydrogens is 414 g/mol. The van der Waals surface area contributed by atoms with E-state index >= 15 is 0 Å². The average Bonchev–Trinajstić information content (AvgIpc) is 3.39. The van der Waals surface area contributed by atoms with Crippen LogP contribution in [0.4, 0.5) is 11.6 Å². The maximum absolute atomic E-state index is 6.31. The van der Waals surface area contributed by atoms with Crippen molar-refractivity contribution in [3.63, 3.8) is 0 Å². The van der Waals surface area contributed by atoms with Crippen molar-refractivity contribution in [3.8, 4) is 17.0 Å². The van der Waals surface area contributed by atoms with Crippen LogP contribution in [-0.4, -0.2) is 62.0 Å². The molecule has 178 valence electrons. The highest BCUT2D eigenvalue weighted by molar-refractivity contribution is 5.70. The Morgan fingerprint density at radius 1 is 1.09 bits per heavy atom. The summed E-state index contributed by atoms with van der Waals surface area (Å²) in [5.41, 5.74) is 3.27. The predicted octanol–water partition coefficient (Wildman–Crippen LogP) is 3.96. The quantitative estimate of drug-likeness (QED) is 0.660. The van der Waals surface area contributed by atoms with Gasteiger partial charge in [0.25, 0.3) is 0 Å². The van der Waals surface area contributed by atoms with Gasteiger partial charge in [0.15, 0.2) is 0 Å². The zero-order chi connectivity index (χ0) is 22.5. The van der Waals surface area contributed by atoms with E-state index in [0.29, 0.717) is 30.4 Å². The Morgan fingerprint density at radius 2 is 1.88 bits per heavy atom. The summed E-state index contributed by atoms with van der Waals surface area (Å²) >= 11 is 0. The summed E-state index contributed by atoms with van der Waals surface area (Å²) in [5, 5.41) is 6.99. The number of nitrogens with zero attached hydrogens (tertiary/aromatic N) is 3. The van der Waals surface area contributed by atoms with Crippen LogP contribution in [0.15, 0.2) is 30.5 Å². The van der Waals surface area contributed by atoms with Crippen LogP contribution < -0.4 is 20.3 Å². The summed E-state index contributed by atoms with van der Waals surface area (Å²) in [6.07, 6.45) is 7.97. The monoisotopic (exact) mass is 451 g/mol. The second-order valence-electron chi connectivity index (χ2n) is 9.83. The highest BCUT2D eigenvalue weighted by atomic mass is 16.5. The van der Waals surface area contributed by atoms with Crippen molar-refractivity contribution in [2.45, 2.75) is 45.1 Å². The third kappa shape index (κ3) is 5.76. The lowest BCUT2D eigenvalue weighted by molar-refractivity contribution is 0.122. The van der Waals surface area contributed by atoms with Gasteiger partial charge in [0.1, 0.15) is 0 Å². The van der Waals surface area contributed by atoms with Gasteiger partial charge >= 0.3 is 0 Å². The molecule has 2 aliphatic heterocycles. The van der Waals surface area contributed by atoms with Gasteiger partial charge in [-0.3, -0.25) is 0 Å². The Labute approximate surface area is 197 Å². The fraction of sp³-hybridized carbons (Fsp3) is 0.615. The first-order chi connectivity index (χ1) is 16.2. The topological polar surface area (TPSA) is 71.5 Å². The summed E-state index contributed by atoms with van der Waals surface area (Å²) in [4.78, 5) is 11.9. The van der Waals surface area contributed by atoms with Gasteiger partial charge in [-0.05, 0) is 62.3 Å². The summed E-state index contributed by atoms with van der Waals surface area (Å²) in [7, 11) is 0. The van der Waals surface area contributed by atoms with Gasteiger partial charge in [-0.1, -0.05) is 19.1 Å². The Morgan fingerprint density at radius 3 is 2.61 bits per heavy atom. The lowest BCUT2D eigenvalue weighted by atomic mass is 9.87. The van der Waals surface area contributed by atoms with Gasteiger partial charge in [0.05, 0.1) is 25.4 Å². The molecule has 2 aromatic rings. The number of hydrogen-bond acceptors (Lipinski definition) is 7. The molecule has 1 aromatic heterocycles. The largest absolute Gasteiger partial charge is 0.477 e. The van der Waals surface area contributed by atoms with Crippen LogP contribution in [0.2, 0.25) is 0 Å². The van der Waals surface area contributed by atoms with Crippen LogP contribution in [0.5, 0.6) is 5.88 Å². The van der Waals surface area contributed by atoms with E-state index in [9.17, 15) is 0 Å². The highest BCUT2D eigenvalue weighted by Gasteiger charge is 2.21. The summed E-state index contributed by atoms with van der Waals surface area (Å²) in [6.45, 7) is 8.56. The zero-order valence-corrected chi connectivity index (χ0v) is 19.8. The lowest BCUT2D eigenvalue weighted by Gasteiger charge is -2.29. The predicted molar refractivity (Wildman–Crippen MR) is 132 cm³/mol. The number of rotatable bonds is 7. The fourth-order valence-electron chi connectivity index (χ4n) is 5.06. The number of nitrogens with one attached hydrogen (secondary N) is 2. The van der Waals surface area contributed by atoms with Crippen molar-refractivity contribution in [1.82, 2.24) is 15.3 Å². The van der Waals surface area contributed by atoms with Crippen LogP contribution in [-0.2, 0) is 4.74 Å². The molecule has 0 amide bonds. The minimum atomic E-state index is 0.451. The van der Waals surface area contributed by atoms with Crippen LogP contribution in [0.3, 0.4) is 0 Å². The van der Waals surface area contributed by atoms with Crippen molar-refractivity contribution in [2.75, 3.05) is 56.2 Å². The summed E-state index contributed by atoms with van der Waals surface area (Å²) in [5.74, 6) is 2.73. The maximum Gasteiger partial charge on any atom is 0.226 e. The minimum absolute atomic E-state index is 0.451.